The molecule has 2 unspecified atom stereocenters. The van der Waals surface area contributed by atoms with Crippen LogP contribution in [0.3, 0.4) is 0 Å². The summed E-state index contributed by atoms with van der Waals surface area (Å²) < 4.78 is 0. The summed E-state index contributed by atoms with van der Waals surface area (Å²) in [4.78, 5) is 0. The molecule has 0 heterocycles. The summed E-state index contributed by atoms with van der Waals surface area (Å²) in [5.74, 6) is 0. The predicted octanol–water partition coefficient (Wildman–Crippen LogP) is 2.04. The third-order valence-corrected chi connectivity index (χ3v) is 4.10. The van der Waals surface area contributed by atoms with Gasteiger partial charge in [0.25, 0.3) is 0 Å². The van der Waals surface area contributed by atoms with Gasteiger partial charge < -0.3 is 11.1 Å². The molecule has 0 aliphatic heterocycles. The van der Waals surface area contributed by atoms with Crippen LogP contribution in [0.2, 0.25) is 0 Å². The minimum absolute atomic E-state index is 0.462. The normalized spacial score (nSPS) is 36.4. The molecule has 3 N–H and O–H groups in total. The maximum absolute atomic E-state index is 5.90. The molecule has 2 fully saturated rings. The summed E-state index contributed by atoms with van der Waals surface area (Å²) in [6, 6.07) is 1.17. The van der Waals surface area contributed by atoms with Crippen molar-refractivity contribution in [3.63, 3.8) is 0 Å². The van der Waals surface area contributed by atoms with Crippen LogP contribution in [0.5, 0.6) is 0 Å². The monoisotopic (exact) mass is 196 g/mol. The van der Waals surface area contributed by atoms with Crippen LogP contribution in [0.15, 0.2) is 0 Å². The lowest BCUT2D eigenvalue weighted by Crippen LogP contribution is -2.36. The molecule has 0 radical (unpaired) electrons. The van der Waals surface area contributed by atoms with Gasteiger partial charge in [-0.2, -0.15) is 0 Å². The third-order valence-electron chi connectivity index (χ3n) is 4.10. The second-order valence-electron chi connectivity index (χ2n) is 5.67. The summed E-state index contributed by atoms with van der Waals surface area (Å²) in [6.07, 6.45) is 9.39. The zero-order valence-electron chi connectivity index (χ0n) is 9.39. The average molecular weight is 196 g/mol. The van der Waals surface area contributed by atoms with Crippen LogP contribution >= 0.6 is 0 Å². The molecule has 14 heavy (non-hydrogen) atoms. The Morgan fingerprint density at radius 1 is 1.29 bits per heavy atom. The molecular weight excluding hydrogens is 172 g/mol. The fourth-order valence-electron chi connectivity index (χ4n) is 3.00. The Morgan fingerprint density at radius 2 is 2.00 bits per heavy atom. The first-order chi connectivity index (χ1) is 6.68. The Hall–Kier alpha value is -0.0800. The Kier molecular flexibility index (Phi) is 3.13. The van der Waals surface area contributed by atoms with E-state index in [1.165, 1.54) is 51.5 Å². The topological polar surface area (TPSA) is 38.0 Å². The van der Waals surface area contributed by atoms with Gasteiger partial charge in [0.15, 0.2) is 0 Å². The van der Waals surface area contributed by atoms with E-state index < -0.39 is 0 Å². The van der Waals surface area contributed by atoms with Gasteiger partial charge in [-0.1, -0.05) is 19.8 Å². The molecule has 2 rings (SSSR count). The first kappa shape index (κ1) is 10.4. The second kappa shape index (κ2) is 4.19. The van der Waals surface area contributed by atoms with Gasteiger partial charge in [-0.25, -0.2) is 0 Å². The van der Waals surface area contributed by atoms with Crippen LogP contribution in [-0.2, 0) is 0 Å². The van der Waals surface area contributed by atoms with Gasteiger partial charge in [0.05, 0.1) is 0 Å². The SMILES string of the molecule is CC1(CNC2CCC(N)C2)CCCC1. The smallest absolute Gasteiger partial charge is 0.00825 e. The van der Waals surface area contributed by atoms with Crippen LogP contribution in [-0.4, -0.2) is 18.6 Å². The van der Waals surface area contributed by atoms with Gasteiger partial charge >= 0.3 is 0 Å². The van der Waals surface area contributed by atoms with E-state index in [1.54, 1.807) is 0 Å². The Labute approximate surface area is 87.6 Å². The van der Waals surface area contributed by atoms with E-state index >= 15 is 0 Å². The first-order valence-corrected chi connectivity index (χ1v) is 6.17. The zero-order valence-corrected chi connectivity index (χ0v) is 9.39. The minimum Gasteiger partial charge on any atom is -0.328 e. The Bertz CT molecular complexity index is 185. The highest BCUT2D eigenvalue weighted by atomic mass is 14.9. The predicted molar refractivity (Wildman–Crippen MR) is 60.2 cm³/mol. The van der Waals surface area contributed by atoms with Gasteiger partial charge in [0.1, 0.15) is 0 Å². The molecule has 2 saturated carbocycles. The maximum atomic E-state index is 5.90. The number of nitrogens with two attached hydrogens (primary N) is 1. The van der Waals surface area contributed by atoms with Gasteiger partial charge in [-0.15, -0.1) is 0 Å². The number of nitrogens with one attached hydrogen (secondary N) is 1. The summed E-state index contributed by atoms with van der Waals surface area (Å²) in [7, 11) is 0. The second-order valence-corrected chi connectivity index (χ2v) is 5.67. The molecule has 0 aromatic rings. The molecular formula is C12H24N2. The van der Waals surface area contributed by atoms with E-state index in [0.717, 1.165) is 0 Å². The van der Waals surface area contributed by atoms with Crippen molar-refractivity contribution >= 4 is 0 Å². The maximum Gasteiger partial charge on any atom is 0.00825 e. The van der Waals surface area contributed by atoms with E-state index in [2.05, 4.69) is 12.2 Å². The molecule has 2 aliphatic carbocycles. The third kappa shape index (κ3) is 2.48. The van der Waals surface area contributed by atoms with Crippen molar-refractivity contribution in [2.24, 2.45) is 11.1 Å². The summed E-state index contributed by atoms with van der Waals surface area (Å²) in [5.41, 5.74) is 6.49. The van der Waals surface area contributed by atoms with E-state index in [9.17, 15) is 0 Å². The fourth-order valence-corrected chi connectivity index (χ4v) is 3.00. The van der Waals surface area contributed by atoms with Crippen molar-refractivity contribution < 1.29 is 0 Å². The van der Waals surface area contributed by atoms with Crippen molar-refractivity contribution in [1.29, 1.82) is 0 Å². The molecule has 0 saturated heterocycles. The van der Waals surface area contributed by atoms with Crippen LogP contribution < -0.4 is 11.1 Å². The molecule has 82 valence electrons. The van der Waals surface area contributed by atoms with Gasteiger partial charge in [-0.05, 0) is 37.5 Å². The van der Waals surface area contributed by atoms with E-state index in [4.69, 9.17) is 5.73 Å². The van der Waals surface area contributed by atoms with Gasteiger partial charge in [-0.3, -0.25) is 0 Å². The summed E-state index contributed by atoms with van der Waals surface area (Å²) in [6.45, 7) is 3.65. The van der Waals surface area contributed by atoms with Crippen LogP contribution in [0.1, 0.15) is 51.9 Å². The molecule has 0 bridgehead atoms. The first-order valence-electron chi connectivity index (χ1n) is 6.17. The lowest BCUT2D eigenvalue weighted by atomic mass is 9.88. The lowest BCUT2D eigenvalue weighted by Gasteiger charge is -2.26. The summed E-state index contributed by atoms with van der Waals surface area (Å²) in [5, 5.41) is 3.71. The van der Waals surface area contributed by atoms with Crippen molar-refractivity contribution in [2.75, 3.05) is 6.54 Å². The standard InChI is InChI=1S/C12H24N2/c1-12(6-2-3-7-12)9-14-11-5-4-10(13)8-11/h10-11,14H,2-9,13H2,1H3. The van der Waals surface area contributed by atoms with E-state index in [0.29, 0.717) is 17.5 Å². The molecule has 2 nitrogen and oxygen atoms in total. The summed E-state index contributed by atoms with van der Waals surface area (Å²) >= 11 is 0. The van der Waals surface area contributed by atoms with E-state index in [-0.39, 0.29) is 0 Å². The molecule has 0 aromatic carbocycles. The average Bonchev–Trinajstić information content (AvgIpc) is 2.73. The lowest BCUT2D eigenvalue weighted by molar-refractivity contribution is 0.296. The molecule has 0 amide bonds. The highest BCUT2D eigenvalue weighted by Gasteiger charge is 2.30. The fraction of sp³-hybridized carbons (Fsp3) is 1.00. The van der Waals surface area contributed by atoms with E-state index in [1.807, 2.05) is 0 Å². The largest absolute Gasteiger partial charge is 0.328 e. The Balaban J connectivity index is 1.71. The van der Waals surface area contributed by atoms with Crippen LogP contribution in [0.25, 0.3) is 0 Å². The zero-order chi connectivity index (χ0) is 10.0. The van der Waals surface area contributed by atoms with Crippen molar-refractivity contribution in [1.82, 2.24) is 5.32 Å². The molecule has 2 aliphatic rings. The molecule has 2 atom stereocenters. The van der Waals surface area contributed by atoms with Crippen LogP contribution in [0.4, 0.5) is 0 Å². The van der Waals surface area contributed by atoms with Crippen molar-refractivity contribution in [3.05, 3.63) is 0 Å². The minimum atomic E-state index is 0.462. The number of hydrogen-bond donors (Lipinski definition) is 2. The molecule has 0 spiro atoms. The van der Waals surface area contributed by atoms with Crippen molar-refractivity contribution in [3.8, 4) is 0 Å². The van der Waals surface area contributed by atoms with Crippen LogP contribution in [0, 0.1) is 5.41 Å². The van der Waals surface area contributed by atoms with Gasteiger partial charge in [0, 0.05) is 18.6 Å². The van der Waals surface area contributed by atoms with Crippen molar-refractivity contribution in [2.45, 2.75) is 64.0 Å². The quantitative estimate of drug-likeness (QED) is 0.725. The molecule has 2 heteroatoms. The number of hydrogen-bond acceptors (Lipinski definition) is 2. The van der Waals surface area contributed by atoms with Gasteiger partial charge in [0.2, 0.25) is 0 Å². The molecule has 0 aromatic heterocycles. The number of rotatable bonds is 3. The highest BCUT2D eigenvalue weighted by Crippen LogP contribution is 2.37. The Morgan fingerprint density at radius 3 is 2.57 bits per heavy atom. The highest BCUT2D eigenvalue weighted by molar-refractivity contribution is 4.87.